The van der Waals surface area contributed by atoms with Gasteiger partial charge in [0.1, 0.15) is 0 Å². The zero-order chi connectivity index (χ0) is 13.1. The van der Waals surface area contributed by atoms with E-state index >= 15 is 0 Å². The fraction of sp³-hybridized carbons (Fsp3) is 0.600. The Morgan fingerprint density at radius 3 is 2.78 bits per heavy atom. The molecule has 18 heavy (non-hydrogen) atoms. The third kappa shape index (κ3) is 2.67. The number of anilines is 1. The van der Waals surface area contributed by atoms with Crippen LogP contribution < -0.4 is 10.6 Å². The minimum atomic E-state index is 0.634. The van der Waals surface area contributed by atoms with E-state index in [-0.39, 0.29) is 0 Å². The van der Waals surface area contributed by atoms with Gasteiger partial charge in [-0.15, -0.1) is 11.8 Å². The van der Waals surface area contributed by atoms with Gasteiger partial charge in [-0.1, -0.05) is 19.9 Å². The summed E-state index contributed by atoms with van der Waals surface area (Å²) < 4.78 is 0. The first-order valence-corrected chi connectivity index (χ1v) is 8.00. The Balaban J connectivity index is 2.24. The molecule has 1 aliphatic heterocycles. The lowest BCUT2D eigenvalue weighted by molar-refractivity contribution is 0.422. The molecule has 1 unspecified atom stereocenters. The molecule has 2 rings (SSSR count). The van der Waals surface area contributed by atoms with Gasteiger partial charge in [-0.2, -0.15) is 0 Å². The number of rotatable bonds is 4. The highest BCUT2D eigenvalue weighted by molar-refractivity contribution is 7.98. The molecule has 0 saturated carbocycles. The first kappa shape index (κ1) is 13.8. The maximum atomic E-state index is 5.95. The lowest BCUT2D eigenvalue weighted by Gasteiger charge is -2.24. The van der Waals surface area contributed by atoms with E-state index in [1.54, 1.807) is 11.8 Å². The minimum Gasteiger partial charge on any atom is -0.371 e. The monoisotopic (exact) mass is 264 g/mol. The first-order chi connectivity index (χ1) is 8.67. The van der Waals surface area contributed by atoms with E-state index in [1.807, 2.05) is 0 Å². The molecule has 3 heteroatoms. The number of benzene rings is 1. The van der Waals surface area contributed by atoms with Gasteiger partial charge in [0.05, 0.1) is 0 Å². The second-order valence-electron chi connectivity index (χ2n) is 5.40. The van der Waals surface area contributed by atoms with Gasteiger partial charge in [0.25, 0.3) is 0 Å². The van der Waals surface area contributed by atoms with Crippen LogP contribution in [0, 0.1) is 11.8 Å². The van der Waals surface area contributed by atoms with Crippen molar-refractivity contribution in [3.05, 3.63) is 23.8 Å². The fourth-order valence-corrected chi connectivity index (χ4v) is 3.45. The fourth-order valence-electron chi connectivity index (χ4n) is 2.80. The van der Waals surface area contributed by atoms with Crippen LogP contribution in [0.4, 0.5) is 5.69 Å². The Bertz CT molecular complexity index is 403. The van der Waals surface area contributed by atoms with Crippen molar-refractivity contribution in [3.63, 3.8) is 0 Å². The van der Waals surface area contributed by atoms with Crippen molar-refractivity contribution < 1.29 is 0 Å². The maximum absolute atomic E-state index is 5.95. The molecule has 0 amide bonds. The lowest BCUT2D eigenvalue weighted by Crippen LogP contribution is -2.23. The second-order valence-corrected chi connectivity index (χ2v) is 6.25. The third-order valence-corrected chi connectivity index (χ3v) is 4.86. The van der Waals surface area contributed by atoms with Gasteiger partial charge in [0, 0.05) is 35.8 Å². The zero-order valence-corrected chi connectivity index (χ0v) is 12.5. The SMILES string of the molecule is CSc1cccc(N2CCC(C(C)C)C2)c1CN. The van der Waals surface area contributed by atoms with Gasteiger partial charge in [0.2, 0.25) is 0 Å². The zero-order valence-electron chi connectivity index (χ0n) is 11.6. The molecule has 2 nitrogen and oxygen atoms in total. The van der Waals surface area contributed by atoms with Gasteiger partial charge >= 0.3 is 0 Å². The van der Waals surface area contributed by atoms with Gasteiger partial charge in [-0.25, -0.2) is 0 Å². The molecular formula is C15H24N2S. The summed E-state index contributed by atoms with van der Waals surface area (Å²) in [4.78, 5) is 3.84. The Morgan fingerprint density at radius 1 is 1.44 bits per heavy atom. The van der Waals surface area contributed by atoms with E-state index in [0.717, 1.165) is 11.8 Å². The molecule has 100 valence electrons. The predicted octanol–water partition coefficient (Wildman–Crippen LogP) is 3.35. The molecule has 2 N–H and O–H groups in total. The topological polar surface area (TPSA) is 29.3 Å². The molecular weight excluding hydrogens is 240 g/mol. The van der Waals surface area contributed by atoms with E-state index in [2.05, 4.69) is 43.2 Å². The van der Waals surface area contributed by atoms with Gasteiger partial charge < -0.3 is 10.6 Å². The summed E-state index contributed by atoms with van der Waals surface area (Å²) in [5.41, 5.74) is 8.62. The number of thioether (sulfide) groups is 1. The third-order valence-electron chi connectivity index (χ3n) is 4.04. The average Bonchev–Trinajstić information content (AvgIpc) is 2.87. The molecule has 1 aliphatic rings. The van der Waals surface area contributed by atoms with Crippen LogP contribution in [-0.2, 0) is 6.54 Å². The summed E-state index contributed by atoms with van der Waals surface area (Å²) >= 11 is 1.79. The summed E-state index contributed by atoms with van der Waals surface area (Å²) in [5, 5.41) is 0. The Hall–Kier alpha value is -0.670. The number of nitrogens with zero attached hydrogens (tertiary/aromatic N) is 1. The van der Waals surface area contributed by atoms with E-state index < -0.39 is 0 Å². The molecule has 1 saturated heterocycles. The van der Waals surface area contributed by atoms with E-state index in [4.69, 9.17) is 5.73 Å². The Morgan fingerprint density at radius 2 is 2.22 bits per heavy atom. The minimum absolute atomic E-state index is 0.634. The molecule has 1 heterocycles. The average molecular weight is 264 g/mol. The van der Waals surface area contributed by atoms with Gasteiger partial charge in [-0.05, 0) is 36.6 Å². The van der Waals surface area contributed by atoms with Crippen LogP contribution in [0.25, 0.3) is 0 Å². The van der Waals surface area contributed by atoms with E-state index in [9.17, 15) is 0 Å². The highest BCUT2D eigenvalue weighted by atomic mass is 32.2. The summed E-state index contributed by atoms with van der Waals surface area (Å²) in [6.45, 7) is 7.65. The molecule has 0 aromatic heterocycles. The summed E-state index contributed by atoms with van der Waals surface area (Å²) in [6.07, 6.45) is 3.43. The second kappa shape index (κ2) is 5.98. The number of hydrogen-bond acceptors (Lipinski definition) is 3. The summed E-state index contributed by atoms with van der Waals surface area (Å²) in [7, 11) is 0. The van der Waals surface area contributed by atoms with Crippen LogP contribution in [0.3, 0.4) is 0 Å². The largest absolute Gasteiger partial charge is 0.371 e. The molecule has 0 radical (unpaired) electrons. The van der Waals surface area contributed by atoms with Crippen molar-refractivity contribution in [2.24, 2.45) is 17.6 Å². The maximum Gasteiger partial charge on any atom is 0.0423 e. The van der Waals surface area contributed by atoms with Crippen molar-refractivity contribution in [3.8, 4) is 0 Å². The highest BCUT2D eigenvalue weighted by Crippen LogP contribution is 2.34. The molecule has 1 aromatic rings. The molecule has 0 spiro atoms. The van der Waals surface area contributed by atoms with Crippen LogP contribution in [0.1, 0.15) is 25.8 Å². The Kier molecular flexibility index (Phi) is 4.57. The van der Waals surface area contributed by atoms with Crippen LogP contribution in [0.2, 0.25) is 0 Å². The van der Waals surface area contributed by atoms with Crippen LogP contribution in [0.15, 0.2) is 23.1 Å². The lowest BCUT2D eigenvalue weighted by atomic mass is 9.95. The highest BCUT2D eigenvalue weighted by Gasteiger charge is 2.26. The van der Waals surface area contributed by atoms with Crippen LogP contribution >= 0.6 is 11.8 Å². The molecule has 1 aromatic carbocycles. The molecule has 1 atom stereocenters. The van der Waals surface area contributed by atoms with Crippen LogP contribution in [-0.4, -0.2) is 19.3 Å². The smallest absolute Gasteiger partial charge is 0.0423 e. The number of nitrogens with two attached hydrogens (primary N) is 1. The molecule has 0 bridgehead atoms. The summed E-state index contributed by atoms with van der Waals surface area (Å²) in [6, 6.07) is 6.56. The normalized spacial score (nSPS) is 19.8. The Labute approximate surface area is 115 Å². The first-order valence-electron chi connectivity index (χ1n) is 6.78. The predicted molar refractivity (Wildman–Crippen MR) is 81.3 cm³/mol. The van der Waals surface area contributed by atoms with Crippen molar-refractivity contribution >= 4 is 17.4 Å². The van der Waals surface area contributed by atoms with E-state index in [1.165, 1.54) is 35.7 Å². The van der Waals surface area contributed by atoms with Gasteiger partial charge in [-0.3, -0.25) is 0 Å². The molecule has 0 aliphatic carbocycles. The standard InChI is InChI=1S/C15H24N2S/c1-11(2)12-7-8-17(10-12)14-5-4-6-15(18-3)13(14)9-16/h4-6,11-12H,7-10,16H2,1-3H3. The quantitative estimate of drug-likeness (QED) is 0.846. The molecule has 1 fully saturated rings. The van der Waals surface area contributed by atoms with Crippen LogP contribution in [0.5, 0.6) is 0 Å². The summed E-state index contributed by atoms with van der Waals surface area (Å²) in [5.74, 6) is 1.61. The van der Waals surface area contributed by atoms with Crippen molar-refractivity contribution in [2.45, 2.75) is 31.7 Å². The van der Waals surface area contributed by atoms with E-state index in [0.29, 0.717) is 6.54 Å². The number of hydrogen-bond donors (Lipinski definition) is 1. The van der Waals surface area contributed by atoms with Crippen molar-refractivity contribution in [1.82, 2.24) is 0 Å². The van der Waals surface area contributed by atoms with Crippen molar-refractivity contribution in [1.29, 1.82) is 0 Å². The van der Waals surface area contributed by atoms with Crippen molar-refractivity contribution in [2.75, 3.05) is 24.2 Å². The van der Waals surface area contributed by atoms with Gasteiger partial charge in [0.15, 0.2) is 0 Å².